The molecule has 4 rings (SSSR count). The molecule has 0 spiro atoms. The van der Waals surface area contributed by atoms with Crippen molar-refractivity contribution in [1.82, 2.24) is 0 Å². The van der Waals surface area contributed by atoms with Crippen molar-refractivity contribution in [2.45, 2.75) is 51.6 Å². The maximum atomic E-state index is 15.2. The SMILES string of the molecule is CCCCCCCc1ccc(-c2cc(F)c(-c3cc(F)c(-c4cc(F)c(/C=C/C(F)(F)F)c(F)c4)c(F)c3)c(F)c2)cc1. The molecule has 43 heavy (non-hydrogen) atoms. The van der Waals surface area contributed by atoms with Crippen molar-refractivity contribution in [1.29, 1.82) is 0 Å². The Morgan fingerprint density at radius 1 is 0.535 bits per heavy atom. The van der Waals surface area contributed by atoms with Gasteiger partial charge in [-0.3, -0.25) is 0 Å². The van der Waals surface area contributed by atoms with Gasteiger partial charge in [0.2, 0.25) is 0 Å². The average molecular weight is 607 g/mol. The first-order valence-corrected chi connectivity index (χ1v) is 13.7. The lowest BCUT2D eigenvalue weighted by Crippen LogP contribution is -2.02. The van der Waals surface area contributed by atoms with E-state index in [1.165, 1.54) is 12.8 Å². The molecule has 0 heterocycles. The van der Waals surface area contributed by atoms with Crippen molar-refractivity contribution in [2.24, 2.45) is 0 Å². The Balaban J connectivity index is 1.60. The highest BCUT2D eigenvalue weighted by molar-refractivity contribution is 5.76. The van der Waals surface area contributed by atoms with Crippen LogP contribution in [0.1, 0.15) is 50.2 Å². The summed E-state index contributed by atoms with van der Waals surface area (Å²) in [6, 6.07) is 11.5. The first-order valence-electron chi connectivity index (χ1n) is 13.7. The molecule has 0 aliphatic heterocycles. The van der Waals surface area contributed by atoms with Gasteiger partial charge in [0.25, 0.3) is 0 Å². The summed E-state index contributed by atoms with van der Waals surface area (Å²) >= 11 is 0. The van der Waals surface area contributed by atoms with Crippen LogP contribution in [0.3, 0.4) is 0 Å². The Bertz CT molecular complexity index is 1550. The van der Waals surface area contributed by atoms with Crippen LogP contribution in [0.2, 0.25) is 0 Å². The monoisotopic (exact) mass is 606 g/mol. The van der Waals surface area contributed by atoms with Gasteiger partial charge in [-0.15, -0.1) is 0 Å². The Morgan fingerprint density at radius 3 is 1.44 bits per heavy atom. The van der Waals surface area contributed by atoms with E-state index >= 15 is 17.6 Å². The quantitative estimate of drug-likeness (QED) is 0.124. The number of halogens is 9. The van der Waals surface area contributed by atoms with Crippen LogP contribution >= 0.6 is 0 Å². The number of unbranched alkanes of at least 4 members (excludes halogenated alkanes) is 4. The van der Waals surface area contributed by atoms with Gasteiger partial charge in [0.05, 0.1) is 11.1 Å². The van der Waals surface area contributed by atoms with Crippen LogP contribution in [-0.4, -0.2) is 6.18 Å². The molecule has 226 valence electrons. The second-order valence-electron chi connectivity index (χ2n) is 10.2. The van der Waals surface area contributed by atoms with Crippen molar-refractivity contribution in [2.75, 3.05) is 0 Å². The third kappa shape index (κ3) is 7.89. The highest BCUT2D eigenvalue weighted by atomic mass is 19.4. The molecule has 0 aliphatic carbocycles. The van der Waals surface area contributed by atoms with E-state index in [-0.39, 0.29) is 17.7 Å². The molecule has 0 bridgehead atoms. The number of alkyl halides is 3. The summed E-state index contributed by atoms with van der Waals surface area (Å²) in [6.45, 7) is 2.15. The Hall–Kier alpha value is -4.01. The molecule has 0 radical (unpaired) electrons. The molecule has 4 aromatic rings. The van der Waals surface area contributed by atoms with Gasteiger partial charge >= 0.3 is 6.18 Å². The zero-order valence-corrected chi connectivity index (χ0v) is 23.1. The highest BCUT2D eigenvalue weighted by Crippen LogP contribution is 2.36. The number of rotatable bonds is 10. The summed E-state index contributed by atoms with van der Waals surface area (Å²) in [5.41, 5.74) is -1.97. The molecule has 9 heteroatoms. The normalized spacial score (nSPS) is 12.0. The van der Waals surface area contributed by atoms with Gasteiger partial charge < -0.3 is 0 Å². The summed E-state index contributed by atoms with van der Waals surface area (Å²) in [7, 11) is 0. The van der Waals surface area contributed by atoms with Crippen LogP contribution in [-0.2, 0) is 6.42 Å². The zero-order chi connectivity index (χ0) is 31.3. The Kier molecular flexibility index (Phi) is 10.0. The number of aryl methyl sites for hydroxylation is 1. The lowest BCUT2D eigenvalue weighted by molar-refractivity contribution is -0.0790. The molecule has 4 aromatic carbocycles. The van der Waals surface area contributed by atoms with Crippen LogP contribution in [0.25, 0.3) is 39.5 Å². The third-order valence-corrected chi connectivity index (χ3v) is 7.04. The molecule has 0 aromatic heterocycles. The minimum atomic E-state index is -4.84. The van der Waals surface area contributed by atoms with Crippen molar-refractivity contribution >= 4 is 6.08 Å². The fourth-order valence-corrected chi connectivity index (χ4v) is 4.87. The number of hydrogen-bond acceptors (Lipinski definition) is 0. The largest absolute Gasteiger partial charge is 0.409 e. The van der Waals surface area contributed by atoms with Crippen LogP contribution in [0, 0.1) is 34.9 Å². The smallest absolute Gasteiger partial charge is 0.206 e. The lowest BCUT2D eigenvalue weighted by Gasteiger charge is -2.13. The average Bonchev–Trinajstić information content (AvgIpc) is 2.91. The molecular weight excluding hydrogens is 579 g/mol. The van der Waals surface area contributed by atoms with E-state index in [1.807, 2.05) is 12.1 Å². The van der Waals surface area contributed by atoms with Gasteiger partial charge in [-0.1, -0.05) is 56.9 Å². The van der Waals surface area contributed by atoms with E-state index in [2.05, 4.69) is 6.92 Å². The lowest BCUT2D eigenvalue weighted by atomic mass is 9.95. The van der Waals surface area contributed by atoms with Gasteiger partial charge in [-0.25, -0.2) is 26.3 Å². The van der Waals surface area contributed by atoms with Crippen LogP contribution < -0.4 is 0 Å². The molecule has 0 aliphatic rings. The fourth-order valence-electron chi connectivity index (χ4n) is 4.87. The van der Waals surface area contributed by atoms with Crippen LogP contribution in [0.15, 0.2) is 66.7 Å². The van der Waals surface area contributed by atoms with E-state index < -0.39 is 68.9 Å². The van der Waals surface area contributed by atoms with Crippen molar-refractivity contribution < 1.29 is 39.5 Å². The van der Waals surface area contributed by atoms with Gasteiger partial charge in [-0.2, -0.15) is 13.2 Å². The molecule has 0 unspecified atom stereocenters. The topological polar surface area (TPSA) is 0 Å². The molecular formula is C34H27F9. The van der Waals surface area contributed by atoms with Crippen molar-refractivity contribution in [3.05, 3.63) is 113 Å². The molecule has 0 atom stereocenters. The summed E-state index contributed by atoms with van der Waals surface area (Å²) in [5.74, 6) is -7.93. The van der Waals surface area contributed by atoms with Crippen molar-refractivity contribution in [3.63, 3.8) is 0 Å². The molecule has 0 amide bonds. The van der Waals surface area contributed by atoms with Gasteiger partial charge in [0.15, 0.2) is 0 Å². The van der Waals surface area contributed by atoms with Gasteiger partial charge in [0, 0.05) is 11.6 Å². The standard InChI is InChI=1S/C34H27F9/c1-2-3-4-5-6-7-20-8-10-21(11-9-20)22-14-28(37)33(29(38)15-22)24-18-30(39)32(31(40)19-24)23-16-26(35)25(27(36)17-23)12-13-34(41,42)43/h8-19H,2-7H2,1H3/b13-12+. The van der Waals surface area contributed by atoms with E-state index in [1.54, 1.807) is 12.1 Å². The van der Waals surface area contributed by atoms with E-state index in [9.17, 15) is 22.0 Å². The third-order valence-electron chi connectivity index (χ3n) is 7.04. The number of hydrogen-bond donors (Lipinski definition) is 0. The van der Waals surface area contributed by atoms with E-state index in [0.717, 1.165) is 43.4 Å². The van der Waals surface area contributed by atoms with E-state index in [4.69, 9.17) is 0 Å². The number of benzene rings is 4. The molecule has 0 saturated carbocycles. The molecule has 0 N–H and O–H groups in total. The number of allylic oxidation sites excluding steroid dienone is 1. The van der Waals surface area contributed by atoms with Crippen molar-refractivity contribution in [3.8, 4) is 33.4 Å². The second-order valence-corrected chi connectivity index (χ2v) is 10.2. The molecule has 0 fully saturated rings. The first-order chi connectivity index (χ1) is 20.4. The summed E-state index contributed by atoms with van der Waals surface area (Å²) < 4.78 is 126. The maximum Gasteiger partial charge on any atom is 0.409 e. The Morgan fingerprint density at radius 2 is 0.977 bits per heavy atom. The zero-order valence-electron chi connectivity index (χ0n) is 23.1. The maximum absolute atomic E-state index is 15.2. The molecule has 0 nitrogen and oxygen atoms in total. The minimum Gasteiger partial charge on any atom is -0.206 e. The van der Waals surface area contributed by atoms with Gasteiger partial charge in [-0.05, 0) is 83.1 Å². The summed E-state index contributed by atoms with van der Waals surface area (Å²) in [4.78, 5) is 0. The van der Waals surface area contributed by atoms with Crippen LogP contribution in [0.4, 0.5) is 39.5 Å². The van der Waals surface area contributed by atoms with Crippen LogP contribution in [0.5, 0.6) is 0 Å². The minimum absolute atomic E-state index is 0.156. The first kappa shape index (κ1) is 31.9. The summed E-state index contributed by atoms with van der Waals surface area (Å²) in [6.07, 6.45) is 1.50. The summed E-state index contributed by atoms with van der Waals surface area (Å²) in [5, 5.41) is 0. The highest BCUT2D eigenvalue weighted by Gasteiger charge is 2.24. The van der Waals surface area contributed by atoms with Gasteiger partial charge in [0.1, 0.15) is 34.9 Å². The predicted octanol–water partition coefficient (Wildman–Crippen LogP) is 11.6. The molecule has 0 saturated heterocycles. The second kappa shape index (κ2) is 13.5. The predicted molar refractivity (Wildman–Crippen MR) is 150 cm³/mol. The van der Waals surface area contributed by atoms with E-state index in [0.29, 0.717) is 29.8 Å². The fraction of sp³-hybridized carbons (Fsp3) is 0.235. The Labute approximate surface area is 243 Å².